The molecule has 0 aromatic carbocycles. The SMILES string of the molecule is C=CC(=O)N1CC2(CCN(c3nc(OCC4CCCN4C)nc(-n4cccc(N)c4=O)c3C#N)C2)C1. The number of amides is 1. The predicted octanol–water partition coefficient (Wildman–Crippen LogP) is 0.779. The summed E-state index contributed by atoms with van der Waals surface area (Å²) in [5, 5.41) is 10.1. The molecule has 3 aliphatic heterocycles. The number of nitrogens with zero attached hydrogens (tertiary/aromatic N) is 7. The lowest BCUT2D eigenvalue weighted by atomic mass is 9.79. The van der Waals surface area contributed by atoms with Crippen molar-refractivity contribution in [3.8, 4) is 17.9 Å². The van der Waals surface area contributed by atoms with Crippen molar-refractivity contribution in [3.05, 3.63) is 46.9 Å². The van der Waals surface area contributed by atoms with Crippen molar-refractivity contribution in [3.63, 3.8) is 0 Å². The molecule has 0 aliphatic carbocycles. The fourth-order valence-corrected chi connectivity index (χ4v) is 5.45. The van der Waals surface area contributed by atoms with Crippen molar-refractivity contribution < 1.29 is 9.53 Å². The maximum absolute atomic E-state index is 12.8. The van der Waals surface area contributed by atoms with Crippen molar-refractivity contribution in [2.45, 2.75) is 25.3 Å². The quantitative estimate of drug-likeness (QED) is 0.583. The first-order valence-corrected chi connectivity index (χ1v) is 12.1. The molecule has 1 spiro atoms. The van der Waals surface area contributed by atoms with E-state index < -0.39 is 5.56 Å². The highest BCUT2D eigenvalue weighted by Gasteiger charge is 2.49. The number of carbonyl (C=O) groups is 1. The van der Waals surface area contributed by atoms with Crippen molar-refractivity contribution in [2.24, 2.45) is 5.41 Å². The number of carbonyl (C=O) groups excluding carboxylic acids is 1. The summed E-state index contributed by atoms with van der Waals surface area (Å²) in [7, 11) is 2.06. The molecule has 11 heteroatoms. The van der Waals surface area contributed by atoms with Gasteiger partial charge in [0.15, 0.2) is 11.6 Å². The summed E-state index contributed by atoms with van der Waals surface area (Å²) in [4.78, 5) is 40.0. The second-order valence-electron chi connectivity index (χ2n) is 9.94. The number of likely N-dealkylation sites (N-methyl/N-ethyl adjacent to an activating group) is 1. The molecular formula is C25H30N8O3. The third-order valence-electron chi connectivity index (χ3n) is 7.52. The lowest BCUT2D eigenvalue weighted by Gasteiger charge is -2.47. The fraction of sp³-hybridized carbons (Fsp3) is 0.480. The molecule has 1 unspecified atom stereocenters. The van der Waals surface area contributed by atoms with Crippen LogP contribution < -0.4 is 20.9 Å². The summed E-state index contributed by atoms with van der Waals surface area (Å²) in [6.07, 6.45) is 5.86. The normalized spacial score (nSPS) is 20.8. The van der Waals surface area contributed by atoms with Crippen LogP contribution in [0.1, 0.15) is 24.8 Å². The molecule has 3 fully saturated rings. The van der Waals surface area contributed by atoms with Crippen LogP contribution in [0.2, 0.25) is 0 Å². The van der Waals surface area contributed by atoms with E-state index in [9.17, 15) is 14.9 Å². The number of hydrogen-bond donors (Lipinski definition) is 1. The van der Waals surface area contributed by atoms with Crippen LogP contribution in [0, 0.1) is 16.7 Å². The van der Waals surface area contributed by atoms with Crippen LogP contribution in [-0.4, -0.2) is 82.7 Å². The number of hydrogen-bond acceptors (Lipinski definition) is 9. The third-order valence-corrected chi connectivity index (χ3v) is 7.52. The molecule has 3 saturated heterocycles. The van der Waals surface area contributed by atoms with Crippen LogP contribution in [0.3, 0.4) is 0 Å². The zero-order valence-electron chi connectivity index (χ0n) is 20.4. The minimum absolute atomic E-state index is 0.0539. The van der Waals surface area contributed by atoms with Crippen LogP contribution in [0.5, 0.6) is 6.01 Å². The molecule has 2 aromatic heterocycles. The molecule has 11 nitrogen and oxygen atoms in total. The first-order valence-electron chi connectivity index (χ1n) is 12.1. The zero-order chi connectivity index (χ0) is 25.4. The van der Waals surface area contributed by atoms with Gasteiger partial charge in [-0.1, -0.05) is 6.58 Å². The number of ether oxygens (including phenoxy) is 1. The minimum atomic E-state index is -0.462. The van der Waals surface area contributed by atoms with Gasteiger partial charge in [0.05, 0.1) is 5.69 Å². The van der Waals surface area contributed by atoms with Crippen LogP contribution >= 0.6 is 0 Å². The number of likely N-dealkylation sites (tertiary alicyclic amines) is 2. The van der Waals surface area contributed by atoms with Gasteiger partial charge in [-0.15, -0.1) is 0 Å². The molecular weight excluding hydrogens is 460 g/mol. The second kappa shape index (κ2) is 9.28. The highest BCUT2D eigenvalue weighted by atomic mass is 16.5. The van der Waals surface area contributed by atoms with Gasteiger partial charge < -0.3 is 25.2 Å². The van der Waals surface area contributed by atoms with Gasteiger partial charge in [0.1, 0.15) is 18.2 Å². The van der Waals surface area contributed by atoms with E-state index in [0.717, 1.165) is 25.8 Å². The molecule has 2 N–H and O–H groups in total. The average molecular weight is 491 g/mol. The van der Waals surface area contributed by atoms with Gasteiger partial charge in [-0.3, -0.25) is 14.2 Å². The molecule has 188 valence electrons. The van der Waals surface area contributed by atoms with E-state index in [0.29, 0.717) is 38.6 Å². The Morgan fingerprint density at radius 2 is 2.11 bits per heavy atom. The van der Waals surface area contributed by atoms with Crippen LogP contribution in [0.25, 0.3) is 5.82 Å². The van der Waals surface area contributed by atoms with Gasteiger partial charge in [-0.2, -0.15) is 15.2 Å². The Morgan fingerprint density at radius 1 is 1.33 bits per heavy atom. The molecule has 2 aromatic rings. The maximum atomic E-state index is 12.8. The Kier molecular flexibility index (Phi) is 6.14. The average Bonchev–Trinajstić information content (AvgIpc) is 3.49. The van der Waals surface area contributed by atoms with Gasteiger partial charge in [-0.25, -0.2) is 0 Å². The van der Waals surface area contributed by atoms with Gasteiger partial charge in [0.25, 0.3) is 5.56 Å². The molecule has 0 bridgehead atoms. The Balaban J connectivity index is 1.50. The third kappa shape index (κ3) is 4.18. The largest absolute Gasteiger partial charge is 0.462 e. The summed E-state index contributed by atoms with van der Waals surface area (Å²) in [6.45, 7) is 7.57. The standard InChI is InChI=1S/C25H30N8O3/c1-3-20(34)32-15-25(16-32)8-11-31(14-25)21-18(12-26)22(33-10-5-7-19(27)23(33)35)29-24(28-21)36-13-17-6-4-9-30(17)2/h3,5,7,10,17H,1,4,6,8-9,11,13-16,27H2,2H3. The van der Waals surface area contributed by atoms with E-state index >= 15 is 0 Å². The maximum Gasteiger partial charge on any atom is 0.320 e. The first kappa shape index (κ1) is 23.8. The summed E-state index contributed by atoms with van der Waals surface area (Å²) >= 11 is 0. The highest BCUT2D eigenvalue weighted by molar-refractivity contribution is 5.87. The zero-order valence-corrected chi connectivity index (χ0v) is 20.4. The lowest BCUT2D eigenvalue weighted by Crippen LogP contribution is -2.59. The Hall–Kier alpha value is -3.91. The minimum Gasteiger partial charge on any atom is -0.462 e. The van der Waals surface area contributed by atoms with E-state index in [-0.39, 0.29) is 40.4 Å². The second-order valence-corrected chi connectivity index (χ2v) is 9.94. The molecule has 5 rings (SSSR count). The summed E-state index contributed by atoms with van der Waals surface area (Å²) in [5.74, 6) is 0.499. The van der Waals surface area contributed by atoms with E-state index in [4.69, 9.17) is 10.5 Å². The topological polar surface area (TPSA) is 134 Å². The van der Waals surface area contributed by atoms with Crippen LogP contribution in [-0.2, 0) is 4.79 Å². The Labute approximate surface area is 209 Å². The van der Waals surface area contributed by atoms with Crippen molar-refractivity contribution in [1.82, 2.24) is 24.3 Å². The van der Waals surface area contributed by atoms with Crippen LogP contribution in [0.15, 0.2) is 35.8 Å². The van der Waals surface area contributed by atoms with Crippen molar-refractivity contribution in [2.75, 3.05) is 57.0 Å². The van der Waals surface area contributed by atoms with E-state index in [1.165, 1.54) is 22.9 Å². The number of pyridine rings is 1. The lowest BCUT2D eigenvalue weighted by molar-refractivity contribution is -0.136. The van der Waals surface area contributed by atoms with Gasteiger partial charge in [0.2, 0.25) is 5.91 Å². The number of nitrogen functional groups attached to an aromatic ring is 1. The molecule has 0 radical (unpaired) electrons. The van der Waals surface area contributed by atoms with Gasteiger partial charge in [-0.05, 0) is 51.1 Å². The number of anilines is 2. The van der Waals surface area contributed by atoms with Gasteiger partial charge >= 0.3 is 6.01 Å². The predicted molar refractivity (Wildman–Crippen MR) is 134 cm³/mol. The molecule has 5 heterocycles. The van der Waals surface area contributed by atoms with Crippen LogP contribution in [0.4, 0.5) is 11.5 Å². The van der Waals surface area contributed by atoms with E-state index in [1.807, 2.05) is 4.90 Å². The fourth-order valence-electron chi connectivity index (χ4n) is 5.45. The molecule has 1 amide bonds. The number of nitrogens with two attached hydrogens (primary N) is 1. The van der Waals surface area contributed by atoms with Crippen molar-refractivity contribution >= 4 is 17.4 Å². The number of aromatic nitrogens is 3. The number of nitriles is 1. The summed E-state index contributed by atoms with van der Waals surface area (Å²) < 4.78 is 7.31. The monoisotopic (exact) mass is 490 g/mol. The van der Waals surface area contributed by atoms with E-state index in [1.54, 1.807) is 11.0 Å². The molecule has 3 aliphatic rings. The number of rotatable bonds is 6. The highest BCUT2D eigenvalue weighted by Crippen LogP contribution is 2.42. The van der Waals surface area contributed by atoms with Crippen molar-refractivity contribution in [1.29, 1.82) is 5.26 Å². The first-order chi connectivity index (χ1) is 17.3. The molecule has 36 heavy (non-hydrogen) atoms. The smallest absolute Gasteiger partial charge is 0.320 e. The Bertz CT molecular complexity index is 1290. The van der Waals surface area contributed by atoms with E-state index in [2.05, 4.69) is 34.6 Å². The summed E-state index contributed by atoms with van der Waals surface area (Å²) in [5.41, 5.74) is 5.59. The van der Waals surface area contributed by atoms with Gasteiger partial charge in [0, 0.05) is 43.8 Å². The molecule has 0 saturated carbocycles. The summed E-state index contributed by atoms with van der Waals surface area (Å²) in [6, 6.07) is 5.73. The molecule has 1 atom stereocenters. The Morgan fingerprint density at radius 3 is 2.81 bits per heavy atom.